The largest absolute Gasteiger partial charge is 0.510 e. The van der Waals surface area contributed by atoms with Crippen molar-refractivity contribution in [3.05, 3.63) is 11.3 Å². The smallest absolute Gasteiger partial charge is 0.410 e. The highest BCUT2D eigenvalue weighted by atomic mass is 16.6. The summed E-state index contributed by atoms with van der Waals surface area (Å²) < 4.78 is 10.5. The minimum atomic E-state index is -0.618. The van der Waals surface area contributed by atoms with E-state index in [0.29, 0.717) is 6.54 Å². The van der Waals surface area contributed by atoms with Crippen molar-refractivity contribution in [3.8, 4) is 0 Å². The Bertz CT molecular complexity index is 454. The first-order valence-electron chi connectivity index (χ1n) is 7.01. The molecule has 1 heterocycles. The van der Waals surface area contributed by atoms with Crippen molar-refractivity contribution < 1.29 is 24.2 Å². The predicted molar refractivity (Wildman–Crippen MR) is 77.9 cm³/mol. The summed E-state index contributed by atoms with van der Waals surface area (Å²) in [6, 6.07) is 0. The Labute approximate surface area is 125 Å². The molecule has 1 aliphatic heterocycles. The van der Waals surface area contributed by atoms with Gasteiger partial charge in [-0.2, -0.15) is 0 Å². The minimum absolute atomic E-state index is 0.0382. The van der Waals surface area contributed by atoms with E-state index in [4.69, 9.17) is 9.47 Å². The van der Waals surface area contributed by atoms with E-state index in [2.05, 4.69) is 0 Å². The molecular weight excluding hydrogens is 274 g/mol. The van der Waals surface area contributed by atoms with Gasteiger partial charge in [-0.3, -0.25) is 0 Å². The number of esters is 1. The van der Waals surface area contributed by atoms with Crippen molar-refractivity contribution in [2.75, 3.05) is 13.1 Å². The molecule has 0 atom stereocenters. The summed E-state index contributed by atoms with van der Waals surface area (Å²) in [5.74, 6) is -0.676. The Hall–Kier alpha value is -1.72. The van der Waals surface area contributed by atoms with Crippen molar-refractivity contribution >= 4 is 12.1 Å². The third-order valence-electron chi connectivity index (χ3n) is 2.62. The maximum atomic E-state index is 12.0. The first-order chi connectivity index (χ1) is 9.39. The molecular formula is C15H25NO5. The van der Waals surface area contributed by atoms with Crippen LogP contribution in [-0.2, 0) is 14.3 Å². The number of aliphatic hydroxyl groups is 1. The molecule has 0 aromatic carbocycles. The van der Waals surface area contributed by atoms with Crippen molar-refractivity contribution in [1.82, 2.24) is 4.90 Å². The van der Waals surface area contributed by atoms with Crippen LogP contribution >= 0.6 is 0 Å². The molecule has 0 aliphatic carbocycles. The normalized spacial score (nSPS) is 16.8. The quantitative estimate of drug-likeness (QED) is 0.753. The fourth-order valence-electron chi connectivity index (χ4n) is 1.79. The number of rotatable bonds is 1. The van der Waals surface area contributed by atoms with E-state index in [9.17, 15) is 14.7 Å². The summed E-state index contributed by atoms with van der Waals surface area (Å²) in [7, 11) is 0. The zero-order valence-electron chi connectivity index (χ0n) is 13.6. The molecule has 0 fully saturated rings. The van der Waals surface area contributed by atoms with Crippen molar-refractivity contribution in [3.63, 3.8) is 0 Å². The highest BCUT2D eigenvalue weighted by Crippen LogP contribution is 2.22. The summed E-state index contributed by atoms with van der Waals surface area (Å²) in [4.78, 5) is 25.2. The second kappa shape index (κ2) is 5.95. The maximum Gasteiger partial charge on any atom is 0.410 e. The molecule has 0 unspecified atom stereocenters. The summed E-state index contributed by atoms with van der Waals surface area (Å²) in [6.07, 6.45) is -0.253. The molecule has 1 N–H and O–H groups in total. The second-order valence-corrected chi connectivity index (χ2v) is 7.08. The molecule has 21 heavy (non-hydrogen) atoms. The number of amides is 1. The number of carbonyl (C=O) groups excluding carboxylic acids is 2. The van der Waals surface area contributed by atoms with Crippen LogP contribution in [0.5, 0.6) is 0 Å². The van der Waals surface area contributed by atoms with Gasteiger partial charge in [0.2, 0.25) is 0 Å². The molecule has 1 rings (SSSR count). The molecule has 0 saturated heterocycles. The fraction of sp³-hybridized carbons (Fsp3) is 0.733. The lowest BCUT2D eigenvalue weighted by atomic mass is 10.1. The van der Waals surface area contributed by atoms with Gasteiger partial charge < -0.3 is 19.5 Å². The molecule has 1 aliphatic rings. The highest BCUT2D eigenvalue weighted by molar-refractivity contribution is 5.90. The van der Waals surface area contributed by atoms with Crippen LogP contribution in [0.15, 0.2) is 11.3 Å². The van der Waals surface area contributed by atoms with E-state index >= 15 is 0 Å². The minimum Gasteiger partial charge on any atom is -0.510 e. The molecule has 0 bridgehead atoms. The van der Waals surface area contributed by atoms with Gasteiger partial charge in [0.1, 0.15) is 17.0 Å². The third kappa shape index (κ3) is 5.65. The van der Waals surface area contributed by atoms with Crippen LogP contribution in [0.25, 0.3) is 0 Å². The number of carbonyl (C=O) groups is 2. The van der Waals surface area contributed by atoms with E-state index < -0.39 is 23.3 Å². The van der Waals surface area contributed by atoms with Crippen molar-refractivity contribution in [2.24, 2.45) is 0 Å². The average molecular weight is 299 g/mol. The average Bonchev–Trinajstić information content (AvgIpc) is 2.23. The van der Waals surface area contributed by atoms with Gasteiger partial charge in [-0.05, 0) is 41.5 Å². The van der Waals surface area contributed by atoms with Crippen LogP contribution < -0.4 is 0 Å². The monoisotopic (exact) mass is 299 g/mol. The SMILES string of the molecule is CC(C)(C)OC(=O)C1=C(O)CN(C(=O)OC(C)(C)C)CC1. The molecule has 0 aromatic heterocycles. The Balaban J connectivity index is 2.72. The zero-order valence-corrected chi connectivity index (χ0v) is 13.6. The van der Waals surface area contributed by atoms with Crippen LogP contribution in [0.1, 0.15) is 48.0 Å². The zero-order chi connectivity index (χ0) is 16.4. The van der Waals surface area contributed by atoms with Gasteiger partial charge >= 0.3 is 12.1 Å². The topological polar surface area (TPSA) is 76.1 Å². The van der Waals surface area contributed by atoms with Crippen LogP contribution in [0.3, 0.4) is 0 Å². The molecule has 6 nitrogen and oxygen atoms in total. The van der Waals surface area contributed by atoms with Gasteiger partial charge in [0.05, 0.1) is 12.1 Å². The highest BCUT2D eigenvalue weighted by Gasteiger charge is 2.31. The molecule has 1 amide bonds. The number of hydrogen-bond donors (Lipinski definition) is 1. The van der Waals surface area contributed by atoms with Gasteiger partial charge in [0.15, 0.2) is 0 Å². The first-order valence-corrected chi connectivity index (χ1v) is 7.01. The van der Waals surface area contributed by atoms with Gasteiger partial charge in [-0.15, -0.1) is 0 Å². The molecule has 0 aromatic rings. The second-order valence-electron chi connectivity index (χ2n) is 7.08. The molecule has 120 valence electrons. The van der Waals surface area contributed by atoms with Gasteiger partial charge in [0, 0.05) is 13.0 Å². The van der Waals surface area contributed by atoms with Gasteiger partial charge in [-0.1, -0.05) is 0 Å². The Morgan fingerprint density at radius 2 is 1.57 bits per heavy atom. The lowest BCUT2D eigenvalue weighted by Crippen LogP contribution is -2.42. The van der Waals surface area contributed by atoms with Crippen molar-refractivity contribution in [1.29, 1.82) is 0 Å². The number of ether oxygens (including phenoxy) is 2. The molecule has 6 heteroatoms. The lowest BCUT2D eigenvalue weighted by Gasteiger charge is -2.31. The third-order valence-corrected chi connectivity index (χ3v) is 2.62. The first kappa shape index (κ1) is 17.3. The van der Waals surface area contributed by atoms with E-state index in [1.807, 2.05) is 0 Å². The van der Waals surface area contributed by atoms with E-state index in [0.717, 1.165) is 0 Å². The molecule has 0 radical (unpaired) electrons. The Morgan fingerprint density at radius 1 is 1.05 bits per heavy atom. The molecule has 0 spiro atoms. The van der Waals surface area contributed by atoms with Crippen LogP contribution in [-0.4, -0.2) is 46.4 Å². The van der Waals surface area contributed by atoms with Gasteiger partial charge in [0.25, 0.3) is 0 Å². The number of hydrogen-bond acceptors (Lipinski definition) is 5. The summed E-state index contributed by atoms with van der Waals surface area (Å²) >= 11 is 0. The predicted octanol–water partition coefficient (Wildman–Crippen LogP) is 2.78. The van der Waals surface area contributed by atoms with Gasteiger partial charge in [-0.25, -0.2) is 9.59 Å². The Morgan fingerprint density at radius 3 is 2.00 bits per heavy atom. The summed E-state index contributed by atoms with van der Waals surface area (Å²) in [5.41, 5.74) is -0.987. The van der Waals surface area contributed by atoms with E-state index in [1.165, 1.54) is 4.90 Å². The van der Waals surface area contributed by atoms with E-state index in [-0.39, 0.29) is 24.3 Å². The van der Waals surface area contributed by atoms with Crippen LogP contribution in [0, 0.1) is 0 Å². The standard InChI is InChI=1S/C15H25NO5/c1-14(2,3)20-12(18)10-7-8-16(9-11(10)17)13(19)21-15(4,5)6/h17H,7-9H2,1-6H3. The molecule has 0 saturated carbocycles. The number of aliphatic hydroxyl groups excluding tert-OH is 1. The summed E-state index contributed by atoms with van der Waals surface area (Å²) in [6.45, 7) is 10.9. The van der Waals surface area contributed by atoms with Crippen LogP contribution in [0.4, 0.5) is 4.79 Å². The van der Waals surface area contributed by atoms with Crippen molar-refractivity contribution in [2.45, 2.75) is 59.2 Å². The maximum absolute atomic E-state index is 12.0. The number of nitrogens with zero attached hydrogens (tertiary/aromatic N) is 1. The lowest BCUT2D eigenvalue weighted by molar-refractivity contribution is -0.150. The summed E-state index contributed by atoms with van der Waals surface area (Å²) in [5, 5.41) is 9.98. The van der Waals surface area contributed by atoms with Crippen LogP contribution in [0.2, 0.25) is 0 Å². The Kier molecular flexibility index (Phi) is 4.91. The fourth-order valence-corrected chi connectivity index (χ4v) is 1.79. The van der Waals surface area contributed by atoms with E-state index in [1.54, 1.807) is 41.5 Å².